The van der Waals surface area contributed by atoms with Gasteiger partial charge in [0.25, 0.3) is 0 Å². The van der Waals surface area contributed by atoms with Crippen molar-refractivity contribution in [3.8, 4) is 0 Å². The maximum atomic E-state index is 12.0. The van der Waals surface area contributed by atoms with Crippen molar-refractivity contribution in [1.29, 1.82) is 0 Å². The number of esters is 1. The van der Waals surface area contributed by atoms with Crippen LogP contribution in [-0.4, -0.2) is 64.9 Å². The number of aliphatic hydroxyl groups is 1. The maximum absolute atomic E-state index is 12.0. The molecule has 0 radical (unpaired) electrons. The predicted octanol–water partition coefficient (Wildman–Crippen LogP) is 8.05. The average molecular weight is 712 g/mol. The number of rotatable bonds is 32. The number of hydrogen-bond donors (Lipinski definition) is 4. The normalized spacial score (nSPS) is 14.7. The monoisotopic (exact) mass is 711 g/mol. The fourth-order valence-electron chi connectivity index (χ4n) is 4.26. The van der Waals surface area contributed by atoms with E-state index in [1.165, 1.54) is 12.8 Å². The Labute approximate surface area is 294 Å². The second-order valence-corrected chi connectivity index (χ2v) is 13.1. The molecule has 49 heavy (non-hydrogen) atoms. The lowest BCUT2D eigenvalue weighted by atomic mass is 10.1. The third-order valence-corrected chi connectivity index (χ3v) is 8.02. The van der Waals surface area contributed by atoms with Crippen molar-refractivity contribution in [3.05, 3.63) is 60.8 Å². The van der Waals surface area contributed by atoms with Crippen LogP contribution in [0.4, 0.5) is 0 Å². The molecule has 0 aliphatic carbocycles. The van der Waals surface area contributed by atoms with Gasteiger partial charge >= 0.3 is 19.8 Å². The van der Waals surface area contributed by atoms with Crippen molar-refractivity contribution >= 4 is 25.7 Å². The zero-order valence-electron chi connectivity index (χ0n) is 29.7. The lowest BCUT2D eigenvalue weighted by molar-refractivity contribution is -0.147. The number of nitrogens with one attached hydrogen (secondary N) is 1. The molecule has 0 bridgehead atoms. The lowest BCUT2D eigenvalue weighted by Gasteiger charge is -2.18. The van der Waals surface area contributed by atoms with Crippen LogP contribution in [0.15, 0.2) is 60.8 Å². The Morgan fingerprint density at radius 2 is 1.18 bits per heavy atom. The molecule has 0 fully saturated rings. The lowest BCUT2D eigenvalue weighted by Crippen LogP contribution is -2.43. The summed E-state index contributed by atoms with van der Waals surface area (Å²) in [6, 6.07) is -1.54. The first-order valence-corrected chi connectivity index (χ1v) is 19.3. The number of aliphatic hydroxyl groups excluding tert-OH is 1. The molecule has 0 aliphatic heterocycles. The Kier molecular flexibility index (Phi) is 30.5. The Morgan fingerprint density at radius 3 is 1.73 bits per heavy atom. The summed E-state index contributed by atoms with van der Waals surface area (Å²) in [7, 11) is -4.73. The Bertz CT molecular complexity index is 1070. The molecule has 0 saturated heterocycles. The molecule has 3 atom stereocenters. The smallest absolute Gasteiger partial charge is 0.472 e. The molecule has 11 nitrogen and oxygen atoms in total. The van der Waals surface area contributed by atoms with Gasteiger partial charge in [-0.3, -0.25) is 18.6 Å². The number of aliphatic carboxylic acids is 1. The van der Waals surface area contributed by atoms with E-state index in [9.17, 15) is 34.1 Å². The molecular weight excluding hydrogens is 649 g/mol. The van der Waals surface area contributed by atoms with Gasteiger partial charge in [0.2, 0.25) is 5.91 Å². The highest BCUT2D eigenvalue weighted by atomic mass is 31.2. The molecule has 0 spiro atoms. The molecular formula is C37H62NO10P. The van der Waals surface area contributed by atoms with Gasteiger partial charge in [-0.2, -0.15) is 0 Å². The molecule has 0 saturated carbocycles. The maximum Gasteiger partial charge on any atom is 0.472 e. The quantitative estimate of drug-likeness (QED) is 0.0232. The van der Waals surface area contributed by atoms with Crippen molar-refractivity contribution in [2.24, 2.45) is 0 Å². The summed E-state index contributed by atoms with van der Waals surface area (Å²) >= 11 is 0. The number of ether oxygens (including phenoxy) is 1. The van der Waals surface area contributed by atoms with Crippen molar-refractivity contribution in [3.63, 3.8) is 0 Å². The van der Waals surface area contributed by atoms with E-state index in [2.05, 4.69) is 82.0 Å². The largest absolute Gasteiger partial charge is 0.480 e. The van der Waals surface area contributed by atoms with Crippen LogP contribution in [0.5, 0.6) is 0 Å². The predicted molar refractivity (Wildman–Crippen MR) is 194 cm³/mol. The van der Waals surface area contributed by atoms with E-state index in [4.69, 9.17) is 4.74 Å². The number of carboxylic acids is 1. The standard InChI is InChI=1S/C37H62NO10P/c1-3-5-7-8-9-10-11-12-13-14-15-16-17-18-19-20-21-22-23-24-25-26-27-29-36(41)46-30-33(39)31-47-49(44,45)48-32-34(37(42)43)38-35(40)28-6-4-2/h5,7,9-10,12-13,15-16,18-19,33-34,39H,3-4,6,8,11,14,17,20-32H2,1-2H3,(H,38,40)(H,42,43)(H,44,45)/b7-5-,10-9-,13-12-,16-15-,19-18-. The van der Waals surface area contributed by atoms with E-state index in [0.29, 0.717) is 12.8 Å². The molecule has 0 aromatic heterocycles. The van der Waals surface area contributed by atoms with Crippen molar-refractivity contribution in [1.82, 2.24) is 5.32 Å². The van der Waals surface area contributed by atoms with Crippen LogP contribution in [0.1, 0.15) is 123 Å². The van der Waals surface area contributed by atoms with Gasteiger partial charge in [-0.25, -0.2) is 9.36 Å². The van der Waals surface area contributed by atoms with E-state index >= 15 is 0 Å². The number of carbonyl (C=O) groups excluding carboxylic acids is 2. The highest BCUT2D eigenvalue weighted by Gasteiger charge is 2.28. The summed E-state index contributed by atoms with van der Waals surface area (Å²) in [6.45, 7) is 2.10. The molecule has 4 N–H and O–H groups in total. The summed E-state index contributed by atoms with van der Waals surface area (Å²) in [5.74, 6) is -2.44. The van der Waals surface area contributed by atoms with E-state index in [-0.39, 0.29) is 12.8 Å². The number of amides is 1. The first-order valence-electron chi connectivity index (χ1n) is 17.8. The van der Waals surface area contributed by atoms with Gasteiger partial charge in [-0.15, -0.1) is 0 Å². The van der Waals surface area contributed by atoms with Gasteiger partial charge in [0.05, 0.1) is 13.2 Å². The molecule has 0 aliphatic rings. The zero-order valence-corrected chi connectivity index (χ0v) is 30.6. The van der Waals surface area contributed by atoms with Gasteiger partial charge in [0.1, 0.15) is 12.7 Å². The Hall–Kier alpha value is -2.82. The van der Waals surface area contributed by atoms with Crippen LogP contribution in [0, 0.1) is 0 Å². The number of phosphoric acid groups is 1. The van der Waals surface area contributed by atoms with Gasteiger partial charge in [0, 0.05) is 12.8 Å². The van der Waals surface area contributed by atoms with Crippen LogP contribution < -0.4 is 5.32 Å². The van der Waals surface area contributed by atoms with E-state index in [1.54, 1.807) is 0 Å². The summed E-state index contributed by atoms with van der Waals surface area (Å²) in [5.41, 5.74) is 0. The van der Waals surface area contributed by atoms with Gasteiger partial charge < -0.3 is 25.2 Å². The minimum Gasteiger partial charge on any atom is -0.480 e. The van der Waals surface area contributed by atoms with Crippen molar-refractivity contribution in [2.45, 2.75) is 135 Å². The third-order valence-electron chi connectivity index (χ3n) is 7.07. The second kappa shape index (κ2) is 32.4. The molecule has 0 rings (SSSR count). The number of unbranched alkanes of at least 4 members (excludes halogenated alkanes) is 8. The summed E-state index contributed by atoms with van der Waals surface area (Å²) in [6.07, 6.45) is 35.6. The highest BCUT2D eigenvalue weighted by Crippen LogP contribution is 2.43. The van der Waals surface area contributed by atoms with Crippen molar-refractivity contribution < 1.29 is 47.8 Å². The average Bonchev–Trinajstić information content (AvgIpc) is 3.07. The first-order chi connectivity index (χ1) is 23.6. The minimum atomic E-state index is -4.73. The van der Waals surface area contributed by atoms with Crippen LogP contribution in [0.2, 0.25) is 0 Å². The molecule has 1 amide bonds. The van der Waals surface area contributed by atoms with Gasteiger partial charge in [-0.05, 0) is 57.8 Å². The molecule has 0 heterocycles. The molecule has 12 heteroatoms. The molecule has 0 aromatic carbocycles. The van der Waals surface area contributed by atoms with Crippen LogP contribution >= 0.6 is 7.82 Å². The van der Waals surface area contributed by atoms with Crippen LogP contribution in [-0.2, 0) is 32.7 Å². The number of phosphoric ester groups is 1. The third kappa shape index (κ3) is 32.2. The fourth-order valence-corrected chi connectivity index (χ4v) is 5.03. The van der Waals surface area contributed by atoms with Crippen molar-refractivity contribution in [2.75, 3.05) is 19.8 Å². The van der Waals surface area contributed by atoms with Crippen LogP contribution in [0.25, 0.3) is 0 Å². The van der Waals surface area contributed by atoms with E-state index in [0.717, 1.165) is 70.6 Å². The number of carboxylic acid groups (broad SMARTS) is 1. The summed E-state index contributed by atoms with van der Waals surface area (Å²) in [5, 5.41) is 21.3. The number of carbonyl (C=O) groups is 3. The van der Waals surface area contributed by atoms with Crippen LogP contribution in [0.3, 0.4) is 0 Å². The topological polar surface area (TPSA) is 169 Å². The fraction of sp³-hybridized carbons (Fsp3) is 0.649. The molecule has 280 valence electrons. The first kappa shape index (κ1) is 46.2. The molecule has 0 aromatic rings. The zero-order chi connectivity index (χ0) is 36.4. The Balaban J connectivity index is 3.80. The number of allylic oxidation sites excluding steroid dienone is 10. The van der Waals surface area contributed by atoms with E-state index < -0.39 is 57.6 Å². The second-order valence-electron chi connectivity index (χ2n) is 11.7. The van der Waals surface area contributed by atoms with E-state index in [1.807, 2.05) is 6.92 Å². The minimum absolute atomic E-state index is 0.117. The van der Waals surface area contributed by atoms with Gasteiger partial charge in [0.15, 0.2) is 6.04 Å². The highest BCUT2D eigenvalue weighted by molar-refractivity contribution is 7.47. The van der Waals surface area contributed by atoms with Gasteiger partial charge in [-0.1, -0.05) is 113 Å². The number of hydrogen-bond acceptors (Lipinski definition) is 8. The summed E-state index contributed by atoms with van der Waals surface area (Å²) < 4.78 is 26.4. The summed E-state index contributed by atoms with van der Waals surface area (Å²) in [4.78, 5) is 44.8. The SMILES string of the molecule is CC/C=C\C/C=C\C/C=C\C/C=C\C/C=C\CCCCCCCCCC(=O)OCC(O)COP(=O)(O)OCC(NC(=O)CCCC)C(=O)O. The Morgan fingerprint density at radius 1 is 0.673 bits per heavy atom. The molecule has 3 unspecified atom stereocenters.